The van der Waals surface area contributed by atoms with E-state index in [1.54, 1.807) is 23.1 Å². The normalized spacial score (nSPS) is 14.2. The fourth-order valence-corrected chi connectivity index (χ4v) is 2.16. The fourth-order valence-electron chi connectivity index (χ4n) is 2.16. The molecule has 0 atom stereocenters. The van der Waals surface area contributed by atoms with Gasteiger partial charge < -0.3 is 20.1 Å². The molecule has 108 valence electrons. The van der Waals surface area contributed by atoms with Gasteiger partial charge in [0.15, 0.2) is 6.61 Å². The molecule has 0 radical (unpaired) electrons. The Morgan fingerprint density at radius 1 is 1.30 bits per heavy atom. The molecule has 1 saturated heterocycles. The van der Waals surface area contributed by atoms with E-state index in [0.29, 0.717) is 5.75 Å². The van der Waals surface area contributed by atoms with Crippen LogP contribution in [0.2, 0.25) is 0 Å². The number of hydrogen-bond acceptors (Lipinski definition) is 5. The molecule has 1 aliphatic heterocycles. The zero-order valence-electron chi connectivity index (χ0n) is 11.4. The number of likely N-dealkylation sites (tertiary alicyclic amines) is 1. The first kappa shape index (κ1) is 14.2. The van der Waals surface area contributed by atoms with Crippen molar-refractivity contribution in [2.24, 2.45) is 0 Å². The smallest absolute Gasteiger partial charge is 0.340 e. The van der Waals surface area contributed by atoms with E-state index in [4.69, 9.17) is 15.2 Å². The first-order valence-electron chi connectivity index (χ1n) is 6.51. The van der Waals surface area contributed by atoms with Crippen molar-refractivity contribution < 1.29 is 19.1 Å². The standard InChI is InChI=1S/C14H18N2O4/c1-19-11-6-4-5-10(13(11)15)14(18)20-9-12(17)16-7-2-3-8-16/h4-6H,2-3,7-9,15H2,1H3. The van der Waals surface area contributed by atoms with Crippen LogP contribution in [0.4, 0.5) is 5.69 Å². The summed E-state index contributed by atoms with van der Waals surface area (Å²) in [5, 5.41) is 0. The van der Waals surface area contributed by atoms with E-state index in [1.807, 2.05) is 0 Å². The minimum absolute atomic E-state index is 0.169. The Hall–Kier alpha value is -2.24. The Balaban J connectivity index is 1.96. The fraction of sp³-hybridized carbons (Fsp3) is 0.429. The van der Waals surface area contributed by atoms with Gasteiger partial charge >= 0.3 is 5.97 Å². The van der Waals surface area contributed by atoms with Gasteiger partial charge in [-0.2, -0.15) is 0 Å². The predicted molar refractivity (Wildman–Crippen MR) is 73.5 cm³/mol. The van der Waals surface area contributed by atoms with E-state index in [-0.39, 0.29) is 23.8 Å². The highest BCUT2D eigenvalue weighted by molar-refractivity contribution is 5.97. The molecule has 1 heterocycles. The maximum atomic E-state index is 11.9. The van der Waals surface area contributed by atoms with Gasteiger partial charge in [-0.3, -0.25) is 4.79 Å². The second-order valence-corrected chi connectivity index (χ2v) is 4.59. The van der Waals surface area contributed by atoms with Crippen LogP contribution in [-0.4, -0.2) is 43.6 Å². The number of amides is 1. The van der Waals surface area contributed by atoms with Gasteiger partial charge in [-0.25, -0.2) is 4.79 Å². The summed E-state index contributed by atoms with van der Waals surface area (Å²) in [7, 11) is 1.47. The summed E-state index contributed by atoms with van der Waals surface area (Å²) in [6, 6.07) is 4.84. The van der Waals surface area contributed by atoms with Gasteiger partial charge in [0, 0.05) is 13.1 Å². The van der Waals surface area contributed by atoms with Gasteiger partial charge in [0.1, 0.15) is 5.75 Å². The van der Waals surface area contributed by atoms with Crippen molar-refractivity contribution in [3.8, 4) is 5.75 Å². The minimum atomic E-state index is -0.617. The lowest BCUT2D eigenvalue weighted by atomic mass is 10.1. The number of esters is 1. The van der Waals surface area contributed by atoms with Gasteiger partial charge in [0.05, 0.1) is 18.4 Å². The second kappa shape index (κ2) is 6.27. The molecule has 1 aromatic rings. The van der Waals surface area contributed by atoms with E-state index in [2.05, 4.69) is 0 Å². The lowest BCUT2D eigenvalue weighted by Gasteiger charge is -2.15. The quantitative estimate of drug-likeness (QED) is 0.657. The van der Waals surface area contributed by atoms with Gasteiger partial charge in [-0.1, -0.05) is 6.07 Å². The maximum absolute atomic E-state index is 11.9. The number of nitrogen functional groups attached to an aromatic ring is 1. The molecule has 2 rings (SSSR count). The molecule has 0 unspecified atom stereocenters. The highest BCUT2D eigenvalue weighted by atomic mass is 16.5. The summed E-state index contributed by atoms with van der Waals surface area (Å²) in [4.78, 5) is 25.4. The van der Waals surface area contributed by atoms with Crippen molar-refractivity contribution in [2.75, 3.05) is 32.5 Å². The van der Waals surface area contributed by atoms with Gasteiger partial charge in [0.2, 0.25) is 0 Å². The second-order valence-electron chi connectivity index (χ2n) is 4.59. The number of benzene rings is 1. The van der Waals surface area contributed by atoms with Crippen molar-refractivity contribution >= 4 is 17.6 Å². The molecule has 6 nitrogen and oxygen atoms in total. The molecule has 0 saturated carbocycles. The molecular formula is C14H18N2O4. The Labute approximate surface area is 117 Å². The average Bonchev–Trinajstić information content (AvgIpc) is 2.99. The summed E-state index contributed by atoms with van der Waals surface area (Å²) < 4.78 is 10.1. The molecule has 0 bridgehead atoms. The number of methoxy groups -OCH3 is 1. The summed E-state index contributed by atoms with van der Waals surface area (Å²) in [5.74, 6) is -0.378. The highest BCUT2D eigenvalue weighted by Crippen LogP contribution is 2.25. The van der Waals surface area contributed by atoms with Gasteiger partial charge in [-0.15, -0.1) is 0 Å². The average molecular weight is 278 g/mol. The Morgan fingerprint density at radius 2 is 2.00 bits per heavy atom. The molecule has 1 amide bonds. The van der Waals surface area contributed by atoms with Crippen LogP contribution < -0.4 is 10.5 Å². The summed E-state index contributed by atoms with van der Waals surface area (Å²) >= 11 is 0. The number of carbonyl (C=O) groups is 2. The van der Waals surface area contributed by atoms with Crippen molar-refractivity contribution in [3.63, 3.8) is 0 Å². The molecule has 1 aliphatic rings. The maximum Gasteiger partial charge on any atom is 0.340 e. The van der Waals surface area contributed by atoms with E-state index in [1.165, 1.54) is 7.11 Å². The van der Waals surface area contributed by atoms with E-state index < -0.39 is 5.97 Å². The number of nitrogens with zero attached hydrogens (tertiary/aromatic N) is 1. The molecule has 2 N–H and O–H groups in total. The van der Waals surface area contributed by atoms with Gasteiger partial charge in [0.25, 0.3) is 5.91 Å². The Bertz CT molecular complexity index is 510. The Kier molecular flexibility index (Phi) is 4.45. The highest BCUT2D eigenvalue weighted by Gasteiger charge is 2.20. The van der Waals surface area contributed by atoms with Crippen LogP contribution in [-0.2, 0) is 9.53 Å². The van der Waals surface area contributed by atoms with E-state index in [0.717, 1.165) is 25.9 Å². The van der Waals surface area contributed by atoms with Crippen LogP contribution in [0.25, 0.3) is 0 Å². The van der Waals surface area contributed by atoms with Crippen LogP contribution in [0.3, 0.4) is 0 Å². The van der Waals surface area contributed by atoms with Crippen molar-refractivity contribution in [2.45, 2.75) is 12.8 Å². The van der Waals surface area contributed by atoms with Crippen molar-refractivity contribution in [3.05, 3.63) is 23.8 Å². The third kappa shape index (κ3) is 3.01. The van der Waals surface area contributed by atoms with Crippen LogP contribution in [0, 0.1) is 0 Å². The summed E-state index contributed by atoms with van der Waals surface area (Å²) in [5.41, 5.74) is 6.23. The molecule has 0 aliphatic carbocycles. The number of ether oxygens (including phenoxy) is 2. The van der Waals surface area contributed by atoms with Crippen LogP contribution >= 0.6 is 0 Å². The molecular weight excluding hydrogens is 260 g/mol. The van der Waals surface area contributed by atoms with Crippen molar-refractivity contribution in [1.29, 1.82) is 0 Å². The summed E-state index contributed by atoms with van der Waals surface area (Å²) in [6.45, 7) is 1.21. The molecule has 6 heteroatoms. The minimum Gasteiger partial charge on any atom is -0.495 e. The zero-order chi connectivity index (χ0) is 14.5. The number of nitrogens with two attached hydrogens (primary N) is 1. The molecule has 0 spiro atoms. The number of para-hydroxylation sites is 1. The monoisotopic (exact) mass is 278 g/mol. The first-order valence-corrected chi connectivity index (χ1v) is 6.51. The predicted octanol–water partition coefficient (Wildman–Crippen LogP) is 1.06. The van der Waals surface area contributed by atoms with E-state index in [9.17, 15) is 9.59 Å². The summed E-state index contributed by atoms with van der Waals surface area (Å²) in [6.07, 6.45) is 2.00. The SMILES string of the molecule is COc1cccc(C(=O)OCC(=O)N2CCCC2)c1N. The number of anilines is 1. The number of hydrogen-bond donors (Lipinski definition) is 1. The third-order valence-corrected chi connectivity index (χ3v) is 3.29. The van der Waals surface area contributed by atoms with Gasteiger partial charge in [-0.05, 0) is 25.0 Å². The van der Waals surface area contributed by atoms with Crippen LogP contribution in [0.1, 0.15) is 23.2 Å². The topological polar surface area (TPSA) is 81.9 Å². The van der Waals surface area contributed by atoms with Crippen molar-refractivity contribution in [1.82, 2.24) is 4.90 Å². The molecule has 1 fully saturated rings. The third-order valence-electron chi connectivity index (χ3n) is 3.29. The first-order chi connectivity index (χ1) is 9.63. The van der Waals surface area contributed by atoms with Crippen LogP contribution in [0.5, 0.6) is 5.75 Å². The largest absolute Gasteiger partial charge is 0.495 e. The van der Waals surface area contributed by atoms with E-state index >= 15 is 0 Å². The zero-order valence-corrected chi connectivity index (χ0v) is 11.4. The Morgan fingerprint density at radius 3 is 2.65 bits per heavy atom. The number of rotatable bonds is 4. The molecule has 0 aromatic heterocycles. The number of carbonyl (C=O) groups excluding carboxylic acids is 2. The lowest BCUT2D eigenvalue weighted by molar-refractivity contribution is -0.133. The molecule has 1 aromatic carbocycles. The van der Waals surface area contributed by atoms with Crippen LogP contribution in [0.15, 0.2) is 18.2 Å². The molecule has 20 heavy (non-hydrogen) atoms. The lowest BCUT2D eigenvalue weighted by Crippen LogP contribution is -2.32.